The van der Waals surface area contributed by atoms with Gasteiger partial charge < -0.3 is 29.9 Å². The molecule has 0 bridgehead atoms. The van der Waals surface area contributed by atoms with Crippen molar-refractivity contribution in [3.05, 3.63) is 24.9 Å². The smallest absolute Gasteiger partial charge is 0.227 e. The molecule has 2 aliphatic rings. The van der Waals surface area contributed by atoms with E-state index in [9.17, 15) is 5.11 Å². The summed E-state index contributed by atoms with van der Waals surface area (Å²) in [4.78, 5) is 28.5. The van der Waals surface area contributed by atoms with Gasteiger partial charge in [0.25, 0.3) is 0 Å². The van der Waals surface area contributed by atoms with E-state index < -0.39 is 5.60 Å². The van der Waals surface area contributed by atoms with E-state index in [1.54, 1.807) is 6.33 Å². The topological polar surface area (TPSA) is 135 Å². The first-order valence-corrected chi connectivity index (χ1v) is 11.7. The molecule has 34 heavy (non-hydrogen) atoms. The predicted octanol–water partition coefficient (Wildman–Crippen LogP) is 0.169. The normalized spacial score (nSPS) is 24.0. The number of piperidine rings is 1. The van der Waals surface area contributed by atoms with Crippen LogP contribution in [0.2, 0.25) is 0 Å². The zero-order chi connectivity index (χ0) is 23.7. The fraction of sp³-hybridized carbons (Fsp3) is 0.591. The SMILES string of the molecule is CN(CCN1CC[C@H](n2cnc3c(N)ncnc32)[C@@](C)(O)C1)c1nccc(N2CCOCC2)n1. The van der Waals surface area contributed by atoms with Gasteiger partial charge in [0, 0.05) is 52.5 Å². The van der Waals surface area contributed by atoms with Crippen LogP contribution in [0.4, 0.5) is 17.6 Å². The van der Waals surface area contributed by atoms with Crippen molar-refractivity contribution in [2.45, 2.75) is 25.0 Å². The molecule has 2 fully saturated rings. The number of nitrogens with two attached hydrogens (primary N) is 1. The van der Waals surface area contributed by atoms with Gasteiger partial charge in [-0.15, -0.1) is 0 Å². The van der Waals surface area contributed by atoms with Gasteiger partial charge in [0.2, 0.25) is 5.95 Å². The number of aliphatic hydroxyl groups is 1. The maximum absolute atomic E-state index is 11.3. The van der Waals surface area contributed by atoms with Crippen LogP contribution in [0.5, 0.6) is 0 Å². The summed E-state index contributed by atoms with van der Waals surface area (Å²) in [6.45, 7) is 7.95. The van der Waals surface area contributed by atoms with E-state index in [1.165, 1.54) is 6.33 Å². The number of hydrogen-bond donors (Lipinski definition) is 2. The highest BCUT2D eigenvalue weighted by molar-refractivity contribution is 5.81. The van der Waals surface area contributed by atoms with E-state index in [1.807, 2.05) is 30.8 Å². The second kappa shape index (κ2) is 9.28. The molecule has 12 nitrogen and oxygen atoms in total. The minimum atomic E-state index is -0.948. The summed E-state index contributed by atoms with van der Waals surface area (Å²) in [5.74, 6) is 1.98. The molecule has 0 radical (unpaired) electrons. The van der Waals surface area contributed by atoms with Crippen LogP contribution in [0.15, 0.2) is 24.9 Å². The van der Waals surface area contributed by atoms with Crippen molar-refractivity contribution in [1.29, 1.82) is 0 Å². The lowest BCUT2D eigenvalue weighted by molar-refractivity contribution is -0.0547. The number of nitrogens with zero attached hydrogens (tertiary/aromatic N) is 9. The van der Waals surface area contributed by atoms with Gasteiger partial charge in [-0.1, -0.05) is 0 Å². The van der Waals surface area contributed by atoms with Crippen LogP contribution in [-0.2, 0) is 4.74 Å². The minimum absolute atomic E-state index is 0.144. The predicted molar refractivity (Wildman–Crippen MR) is 129 cm³/mol. The molecule has 2 atom stereocenters. The molecule has 0 amide bonds. The number of fused-ring (bicyclic) bond motifs is 1. The molecular formula is C22H32N10O2. The van der Waals surface area contributed by atoms with Crippen molar-refractivity contribution in [2.24, 2.45) is 0 Å². The van der Waals surface area contributed by atoms with Crippen molar-refractivity contribution >= 4 is 28.7 Å². The van der Waals surface area contributed by atoms with E-state index >= 15 is 0 Å². The Balaban J connectivity index is 1.21. The van der Waals surface area contributed by atoms with Crippen LogP contribution < -0.4 is 15.5 Å². The number of β-amino-alcohol motifs (C(OH)–C–C–N with tert-alkyl or cyclic N) is 1. The summed E-state index contributed by atoms with van der Waals surface area (Å²) >= 11 is 0. The van der Waals surface area contributed by atoms with Crippen LogP contribution in [0.3, 0.4) is 0 Å². The third kappa shape index (κ3) is 4.48. The maximum Gasteiger partial charge on any atom is 0.227 e. The third-order valence-electron chi connectivity index (χ3n) is 6.76. The molecule has 12 heteroatoms. The summed E-state index contributed by atoms with van der Waals surface area (Å²) < 4.78 is 7.37. The van der Waals surface area contributed by atoms with Gasteiger partial charge in [0.15, 0.2) is 11.5 Å². The molecule has 0 aromatic carbocycles. The Kier molecular flexibility index (Phi) is 6.19. The number of rotatable bonds is 6. The Hall–Kier alpha value is -3.09. The molecule has 3 N–H and O–H groups in total. The average molecular weight is 469 g/mol. The largest absolute Gasteiger partial charge is 0.387 e. The molecule has 3 aromatic heterocycles. The summed E-state index contributed by atoms with van der Waals surface area (Å²) in [5.41, 5.74) is 6.21. The van der Waals surface area contributed by atoms with Crippen LogP contribution in [-0.4, -0.2) is 105 Å². The van der Waals surface area contributed by atoms with Crippen molar-refractivity contribution in [3.63, 3.8) is 0 Å². The molecular weight excluding hydrogens is 436 g/mol. The number of hydrogen-bond acceptors (Lipinski definition) is 11. The van der Waals surface area contributed by atoms with Crippen molar-refractivity contribution < 1.29 is 9.84 Å². The first-order valence-electron chi connectivity index (χ1n) is 11.7. The highest BCUT2D eigenvalue weighted by Gasteiger charge is 2.40. The van der Waals surface area contributed by atoms with E-state index in [4.69, 9.17) is 15.5 Å². The van der Waals surface area contributed by atoms with E-state index in [2.05, 4.69) is 34.6 Å². The number of nitrogen functional groups attached to an aromatic ring is 1. The second-order valence-corrected chi connectivity index (χ2v) is 9.26. The van der Waals surface area contributed by atoms with Crippen molar-refractivity contribution in [3.8, 4) is 0 Å². The standard InChI is InChI=1S/C22H32N10O2/c1-22(33)13-30(6-4-16(22)32-15-27-18-19(23)25-14-26-20(18)32)8-7-29(2)21-24-5-3-17(28-21)31-9-11-34-12-10-31/h3,5,14-16,33H,4,6-13H2,1-2H3,(H2,23,25,26)/t16-,22-/m0/s1. The zero-order valence-electron chi connectivity index (χ0n) is 19.7. The molecule has 5 rings (SSSR count). The number of ether oxygens (including phenoxy) is 1. The Bertz CT molecular complexity index is 1130. The van der Waals surface area contributed by atoms with E-state index in [0.29, 0.717) is 29.5 Å². The first-order chi connectivity index (χ1) is 16.4. The van der Waals surface area contributed by atoms with Gasteiger partial charge in [0.05, 0.1) is 31.2 Å². The van der Waals surface area contributed by atoms with Gasteiger partial charge in [-0.05, 0) is 19.4 Å². The van der Waals surface area contributed by atoms with Crippen molar-refractivity contribution in [1.82, 2.24) is 34.4 Å². The quantitative estimate of drug-likeness (QED) is 0.512. The molecule has 0 unspecified atom stereocenters. The van der Waals surface area contributed by atoms with Crippen LogP contribution in [0.25, 0.3) is 11.2 Å². The molecule has 182 valence electrons. The third-order valence-corrected chi connectivity index (χ3v) is 6.76. The Morgan fingerprint density at radius 2 is 2.03 bits per heavy atom. The fourth-order valence-corrected chi connectivity index (χ4v) is 4.86. The molecule has 5 heterocycles. The van der Waals surface area contributed by atoms with Crippen LogP contribution in [0.1, 0.15) is 19.4 Å². The van der Waals surface area contributed by atoms with E-state index in [-0.39, 0.29) is 6.04 Å². The summed E-state index contributed by atoms with van der Waals surface area (Å²) in [6.07, 6.45) is 5.73. The highest BCUT2D eigenvalue weighted by atomic mass is 16.5. The lowest BCUT2D eigenvalue weighted by atomic mass is 9.89. The summed E-state index contributed by atoms with van der Waals surface area (Å²) in [7, 11) is 2.01. The molecule has 0 spiro atoms. The van der Waals surface area contributed by atoms with Gasteiger partial charge in [-0.3, -0.25) is 4.90 Å². The van der Waals surface area contributed by atoms with Crippen molar-refractivity contribution in [2.75, 3.05) is 75.1 Å². The zero-order valence-corrected chi connectivity index (χ0v) is 19.7. The Morgan fingerprint density at radius 1 is 1.21 bits per heavy atom. The fourth-order valence-electron chi connectivity index (χ4n) is 4.86. The Labute approximate surface area is 198 Å². The highest BCUT2D eigenvalue weighted by Crippen LogP contribution is 2.34. The molecule has 3 aromatic rings. The maximum atomic E-state index is 11.3. The van der Waals surface area contributed by atoms with Gasteiger partial charge in [-0.25, -0.2) is 19.9 Å². The van der Waals surface area contributed by atoms with Gasteiger partial charge >= 0.3 is 0 Å². The average Bonchev–Trinajstić information content (AvgIpc) is 3.28. The summed E-state index contributed by atoms with van der Waals surface area (Å²) in [6, 6.07) is 1.80. The lowest BCUT2D eigenvalue weighted by Gasteiger charge is -2.43. The number of anilines is 3. The van der Waals surface area contributed by atoms with Gasteiger partial charge in [-0.2, -0.15) is 4.98 Å². The molecule has 0 aliphatic carbocycles. The molecule has 2 aliphatic heterocycles. The minimum Gasteiger partial charge on any atom is -0.387 e. The first kappa shape index (κ1) is 22.7. The number of morpholine rings is 1. The number of likely N-dealkylation sites (N-methyl/N-ethyl adjacent to an activating group) is 1. The Morgan fingerprint density at radius 3 is 2.82 bits per heavy atom. The monoisotopic (exact) mass is 468 g/mol. The number of likely N-dealkylation sites (tertiary alicyclic amines) is 1. The van der Waals surface area contributed by atoms with Crippen LogP contribution >= 0.6 is 0 Å². The lowest BCUT2D eigenvalue weighted by Crippen LogP contribution is -2.53. The second-order valence-electron chi connectivity index (χ2n) is 9.26. The van der Waals surface area contributed by atoms with Crippen LogP contribution in [0, 0.1) is 0 Å². The molecule has 2 saturated heterocycles. The molecule has 0 saturated carbocycles. The number of aromatic nitrogens is 6. The van der Waals surface area contributed by atoms with Gasteiger partial charge in [0.1, 0.15) is 17.7 Å². The number of imidazole rings is 1. The van der Waals surface area contributed by atoms with E-state index in [0.717, 1.165) is 58.2 Å². The summed E-state index contributed by atoms with van der Waals surface area (Å²) in [5, 5.41) is 11.3.